The van der Waals surface area contributed by atoms with Gasteiger partial charge in [-0.2, -0.15) is 5.10 Å². The van der Waals surface area contributed by atoms with Crippen molar-refractivity contribution in [1.82, 2.24) is 9.78 Å². The Morgan fingerprint density at radius 2 is 2.36 bits per heavy atom. The lowest BCUT2D eigenvalue weighted by Crippen LogP contribution is -2.56. The highest BCUT2D eigenvalue weighted by Gasteiger charge is 2.49. The van der Waals surface area contributed by atoms with Crippen molar-refractivity contribution in [3.63, 3.8) is 0 Å². The normalized spacial score (nSPS) is 24.4. The highest BCUT2D eigenvalue weighted by Crippen LogP contribution is 2.47. The van der Waals surface area contributed by atoms with E-state index >= 15 is 0 Å². The lowest BCUT2D eigenvalue weighted by molar-refractivity contribution is -0.159. The first-order chi connectivity index (χ1) is 6.76. The van der Waals surface area contributed by atoms with Gasteiger partial charge in [0.15, 0.2) is 0 Å². The van der Waals surface area contributed by atoms with E-state index in [0.717, 1.165) is 18.9 Å². The van der Waals surface area contributed by atoms with Crippen LogP contribution < -0.4 is 5.32 Å². The number of hydrogen-bond donors (Lipinski definition) is 1. The first-order valence-corrected chi connectivity index (χ1v) is 5.09. The summed E-state index contributed by atoms with van der Waals surface area (Å²) in [6.45, 7) is 1.94. The molecular formula is C10H15N3O. The molecule has 1 aliphatic heterocycles. The third-order valence-corrected chi connectivity index (χ3v) is 3.25. The first-order valence-electron chi connectivity index (χ1n) is 5.09. The van der Waals surface area contributed by atoms with E-state index in [4.69, 9.17) is 4.74 Å². The summed E-state index contributed by atoms with van der Waals surface area (Å²) in [6, 6.07) is 0.628. The fraction of sp³-hybridized carbons (Fsp3) is 0.700. The molecule has 2 fully saturated rings. The molecule has 1 saturated carbocycles. The molecule has 76 valence electrons. The van der Waals surface area contributed by atoms with Gasteiger partial charge in [0.05, 0.1) is 25.1 Å². The van der Waals surface area contributed by atoms with E-state index in [9.17, 15) is 0 Å². The van der Waals surface area contributed by atoms with Crippen LogP contribution in [0.1, 0.15) is 12.8 Å². The maximum Gasteiger partial charge on any atom is 0.0728 e. The number of nitrogens with zero attached hydrogens (tertiary/aromatic N) is 2. The van der Waals surface area contributed by atoms with Gasteiger partial charge < -0.3 is 10.1 Å². The average molecular weight is 193 g/mol. The molecule has 2 heterocycles. The van der Waals surface area contributed by atoms with Crippen molar-refractivity contribution in [2.45, 2.75) is 18.9 Å². The SMILES string of the molecule is Cn1cc(NC2CC3(COC3)C2)cn1. The van der Waals surface area contributed by atoms with E-state index < -0.39 is 0 Å². The van der Waals surface area contributed by atoms with E-state index in [2.05, 4.69) is 10.4 Å². The van der Waals surface area contributed by atoms with Gasteiger partial charge in [0.1, 0.15) is 0 Å². The minimum atomic E-state index is 0.542. The van der Waals surface area contributed by atoms with Gasteiger partial charge in [-0.25, -0.2) is 0 Å². The minimum Gasteiger partial charge on any atom is -0.380 e. The Balaban J connectivity index is 1.55. The van der Waals surface area contributed by atoms with E-state index in [0.29, 0.717) is 11.5 Å². The molecule has 1 saturated heterocycles. The van der Waals surface area contributed by atoms with Crippen molar-refractivity contribution in [2.24, 2.45) is 12.5 Å². The number of aryl methyl sites for hydroxylation is 1. The molecule has 1 aromatic heterocycles. The maximum atomic E-state index is 5.24. The Hall–Kier alpha value is -1.03. The quantitative estimate of drug-likeness (QED) is 0.762. The van der Waals surface area contributed by atoms with Crippen LogP contribution in [0.15, 0.2) is 12.4 Å². The Labute approximate surface area is 83.2 Å². The number of rotatable bonds is 2. The molecule has 0 aromatic carbocycles. The number of aromatic nitrogens is 2. The van der Waals surface area contributed by atoms with Crippen molar-refractivity contribution in [1.29, 1.82) is 0 Å². The van der Waals surface area contributed by atoms with Gasteiger partial charge in [0.2, 0.25) is 0 Å². The summed E-state index contributed by atoms with van der Waals surface area (Å²) >= 11 is 0. The third-order valence-electron chi connectivity index (χ3n) is 3.25. The second kappa shape index (κ2) is 2.73. The monoisotopic (exact) mass is 193 g/mol. The molecule has 0 amide bonds. The summed E-state index contributed by atoms with van der Waals surface area (Å²) in [7, 11) is 1.94. The predicted molar refractivity (Wildman–Crippen MR) is 53.1 cm³/mol. The third kappa shape index (κ3) is 1.21. The minimum absolute atomic E-state index is 0.542. The summed E-state index contributed by atoms with van der Waals surface area (Å²) in [6.07, 6.45) is 6.40. The molecule has 1 aliphatic carbocycles. The Bertz CT molecular complexity index is 335. The predicted octanol–water partition coefficient (Wildman–Crippen LogP) is 1.01. The van der Waals surface area contributed by atoms with Crippen LogP contribution in [0.2, 0.25) is 0 Å². The van der Waals surface area contributed by atoms with Crippen LogP contribution in [0.4, 0.5) is 5.69 Å². The summed E-state index contributed by atoms with van der Waals surface area (Å²) in [5.41, 5.74) is 1.67. The molecule has 0 unspecified atom stereocenters. The average Bonchev–Trinajstić information content (AvgIpc) is 2.39. The molecule has 2 aliphatic rings. The van der Waals surface area contributed by atoms with E-state index in [1.54, 1.807) is 0 Å². The van der Waals surface area contributed by atoms with Crippen LogP contribution in [0.3, 0.4) is 0 Å². The van der Waals surface area contributed by atoms with Crippen LogP contribution in [-0.4, -0.2) is 29.0 Å². The Kier molecular flexibility index (Phi) is 1.62. The number of hydrogen-bond acceptors (Lipinski definition) is 3. The number of anilines is 1. The van der Waals surface area contributed by atoms with Crippen LogP contribution in [-0.2, 0) is 11.8 Å². The molecule has 14 heavy (non-hydrogen) atoms. The standard InChI is InChI=1S/C10H15N3O/c1-13-5-9(4-11-13)12-8-2-10(3-8)6-14-7-10/h4-5,8,12H,2-3,6-7H2,1H3. The maximum absolute atomic E-state index is 5.24. The van der Waals surface area contributed by atoms with Gasteiger partial charge >= 0.3 is 0 Å². The molecule has 1 aromatic rings. The second-order valence-electron chi connectivity index (χ2n) is 4.64. The smallest absolute Gasteiger partial charge is 0.0728 e. The van der Waals surface area contributed by atoms with Crippen molar-refractivity contribution >= 4 is 5.69 Å². The second-order valence-corrected chi connectivity index (χ2v) is 4.64. The Morgan fingerprint density at radius 1 is 1.57 bits per heavy atom. The zero-order chi connectivity index (χ0) is 9.60. The molecule has 0 radical (unpaired) electrons. The molecule has 4 heteroatoms. The molecule has 4 nitrogen and oxygen atoms in total. The largest absolute Gasteiger partial charge is 0.380 e. The van der Waals surface area contributed by atoms with Gasteiger partial charge in [0, 0.05) is 24.7 Å². The molecule has 1 N–H and O–H groups in total. The van der Waals surface area contributed by atoms with Gasteiger partial charge in [-0.3, -0.25) is 4.68 Å². The first kappa shape index (κ1) is 8.29. The highest BCUT2D eigenvalue weighted by molar-refractivity contribution is 5.40. The van der Waals surface area contributed by atoms with Crippen molar-refractivity contribution in [2.75, 3.05) is 18.5 Å². The van der Waals surface area contributed by atoms with Crippen LogP contribution in [0, 0.1) is 5.41 Å². The van der Waals surface area contributed by atoms with E-state index in [1.165, 1.54) is 12.8 Å². The zero-order valence-electron chi connectivity index (χ0n) is 8.36. The lowest BCUT2D eigenvalue weighted by atomic mass is 9.64. The van der Waals surface area contributed by atoms with Gasteiger partial charge in [-0.1, -0.05) is 0 Å². The molecule has 0 atom stereocenters. The van der Waals surface area contributed by atoms with Gasteiger partial charge in [-0.05, 0) is 12.8 Å². The molecule has 3 rings (SSSR count). The summed E-state index contributed by atoms with van der Waals surface area (Å²) < 4.78 is 7.06. The van der Waals surface area contributed by atoms with Crippen LogP contribution >= 0.6 is 0 Å². The fourth-order valence-electron chi connectivity index (χ4n) is 2.45. The van der Waals surface area contributed by atoms with E-state index in [1.807, 2.05) is 24.1 Å². The fourth-order valence-corrected chi connectivity index (χ4v) is 2.45. The van der Waals surface area contributed by atoms with Crippen molar-refractivity contribution < 1.29 is 4.74 Å². The molecule has 0 bridgehead atoms. The van der Waals surface area contributed by atoms with Crippen LogP contribution in [0.5, 0.6) is 0 Å². The van der Waals surface area contributed by atoms with Crippen molar-refractivity contribution in [3.8, 4) is 0 Å². The topological polar surface area (TPSA) is 39.1 Å². The van der Waals surface area contributed by atoms with Crippen molar-refractivity contribution in [3.05, 3.63) is 12.4 Å². The van der Waals surface area contributed by atoms with E-state index in [-0.39, 0.29) is 0 Å². The Morgan fingerprint density at radius 3 is 2.86 bits per heavy atom. The highest BCUT2D eigenvalue weighted by atomic mass is 16.5. The van der Waals surface area contributed by atoms with Gasteiger partial charge in [0.25, 0.3) is 0 Å². The van der Waals surface area contributed by atoms with Crippen LogP contribution in [0.25, 0.3) is 0 Å². The summed E-state index contributed by atoms with van der Waals surface area (Å²) in [5, 5.41) is 7.61. The summed E-state index contributed by atoms with van der Waals surface area (Å²) in [4.78, 5) is 0. The van der Waals surface area contributed by atoms with Gasteiger partial charge in [-0.15, -0.1) is 0 Å². The molecule has 1 spiro atoms. The zero-order valence-corrected chi connectivity index (χ0v) is 8.36. The lowest BCUT2D eigenvalue weighted by Gasteiger charge is -2.53. The number of ether oxygens (including phenoxy) is 1. The summed E-state index contributed by atoms with van der Waals surface area (Å²) in [5.74, 6) is 0. The number of nitrogens with one attached hydrogen (secondary N) is 1. The molecular weight excluding hydrogens is 178 g/mol.